The SMILES string of the molecule is N#Cc1ccc(/C(=C\c2cc(Cl)ncn2)OB(F)F)cc1. The number of benzene rings is 1. The Morgan fingerprint density at radius 2 is 2.00 bits per heavy atom. The first-order valence-corrected chi connectivity index (χ1v) is 6.11. The molecule has 1 aromatic carbocycles. The number of nitrogens with zero attached hydrogens (tertiary/aromatic N) is 3. The maximum absolute atomic E-state index is 12.5. The summed E-state index contributed by atoms with van der Waals surface area (Å²) >= 11 is 5.71. The topological polar surface area (TPSA) is 58.8 Å². The van der Waals surface area contributed by atoms with Gasteiger partial charge in [-0.25, -0.2) is 18.6 Å². The van der Waals surface area contributed by atoms with E-state index in [-0.39, 0.29) is 10.9 Å². The van der Waals surface area contributed by atoms with E-state index in [2.05, 4.69) is 14.6 Å². The molecular formula is C13H7BClF2N3O. The van der Waals surface area contributed by atoms with Crippen molar-refractivity contribution in [2.45, 2.75) is 0 Å². The predicted octanol–water partition coefficient (Wildman–Crippen LogP) is 3.44. The van der Waals surface area contributed by atoms with Gasteiger partial charge in [0.15, 0.2) is 0 Å². The Balaban J connectivity index is 2.40. The molecule has 2 aromatic rings. The molecule has 0 radical (unpaired) electrons. The standard InChI is InChI=1S/C13H7BClF2N3O/c15-13-6-11(19-8-20-13)5-12(21-14(16)17)10-3-1-9(7-18)2-4-10/h1-6,8H/b12-5+. The van der Waals surface area contributed by atoms with Crippen LogP contribution >= 0.6 is 11.6 Å². The van der Waals surface area contributed by atoms with E-state index in [9.17, 15) is 8.63 Å². The van der Waals surface area contributed by atoms with Gasteiger partial charge in [0.1, 0.15) is 17.2 Å². The summed E-state index contributed by atoms with van der Waals surface area (Å²) in [5.74, 6) is -0.0794. The lowest BCUT2D eigenvalue weighted by molar-refractivity contribution is 0.398. The number of aromatic nitrogens is 2. The molecule has 8 heteroatoms. The van der Waals surface area contributed by atoms with Gasteiger partial charge in [0.2, 0.25) is 0 Å². The maximum atomic E-state index is 12.5. The van der Waals surface area contributed by atoms with Crippen molar-refractivity contribution in [1.29, 1.82) is 5.26 Å². The van der Waals surface area contributed by atoms with Crippen molar-refractivity contribution in [3.63, 3.8) is 0 Å². The summed E-state index contributed by atoms with van der Waals surface area (Å²) in [6.45, 7) is 0. The Bertz CT molecular complexity index is 701. The van der Waals surface area contributed by atoms with E-state index in [0.29, 0.717) is 16.8 Å². The van der Waals surface area contributed by atoms with Crippen LogP contribution in [0.25, 0.3) is 11.8 Å². The van der Waals surface area contributed by atoms with E-state index in [1.165, 1.54) is 42.7 Å². The van der Waals surface area contributed by atoms with E-state index < -0.39 is 7.47 Å². The van der Waals surface area contributed by atoms with Gasteiger partial charge in [-0.2, -0.15) is 5.26 Å². The molecule has 0 unspecified atom stereocenters. The minimum atomic E-state index is -2.98. The first-order valence-electron chi connectivity index (χ1n) is 5.73. The predicted molar refractivity (Wildman–Crippen MR) is 75.1 cm³/mol. The van der Waals surface area contributed by atoms with Crippen LogP contribution < -0.4 is 0 Å². The van der Waals surface area contributed by atoms with Crippen molar-refractivity contribution in [3.8, 4) is 6.07 Å². The molecule has 0 N–H and O–H groups in total. The first-order chi connectivity index (χ1) is 10.1. The van der Waals surface area contributed by atoms with Gasteiger partial charge < -0.3 is 4.65 Å². The molecule has 21 heavy (non-hydrogen) atoms. The second-order valence-corrected chi connectivity index (χ2v) is 4.23. The van der Waals surface area contributed by atoms with Gasteiger partial charge in [-0.05, 0) is 12.1 Å². The summed E-state index contributed by atoms with van der Waals surface area (Å²) < 4.78 is 29.5. The zero-order valence-corrected chi connectivity index (χ0v) is 11.3. The number of hydrogen-bond donors (Lipinski definition) is 0. The normalized spacial score (nSPS) is 10.9. The Hall–Kier alpha value is -2.46. The van der Waals surface area contributed by atoms with Gasteiger partial charge in [-0.15, -0.1) is 0 Å². The number of hydrogen-bond acceptors (Lipinski definition) is 4. The molecule has 0 aliphatic carbocycles. The smallest absolute Gasteiger partial charge is 0.505 e. The van der Waals surface area contributed by atoms with E-state index in [4.69, 9.17) is 16.9 Å². The summed E-state index contributed by atoms with van der Waals surface area (Å²) in [7, 11) is -2.98. The molecule has 4 nitrogen and oxygen atoms in total. The highest BCUT2D eigenvalue weighted by Crippen LogP contribution is 2.21. The molecule has 0 atom stereocenters. The van der Waals surface area contributed by atoms with Crippen molar-refractivity contribution in [2.24, 2.45) is 0 Å². The summed E-state index contributed by atoms with van der Waals surface area (Å²) in [6, 6.07) is 9.39. The highest BCUT2D eigenvalue weighted by atomic mass is 35.5. The number of nitriles is 1. The Morgan fingerprint density at radius 1 is 1.29 bits per heavy atom. The second-order valence-electron chi connectivity index (χ2n) is 3.84. The van der Waals surface area contributed by atoms with Gasteiger partial charge in [-0.1, -0.05) is 23.7 Å². The Kier molecular flexibility index (Phi) is 4.85. The van der Waals surface area contributed by atoms with E-state index in [1.54, 1.807) is 0 Å². The third-order valence-electron chi connectivity index (χ3n) is 2.45. The minimum Gasteiger partial charge on any atom is -0.505 e. The van der Waals surface area contributed by atoms with Crippen LogP contribution in [-0.4, -0.2) is 17.4 Å². The molecule has 1 heterocycles. The monoisotopic (exact) mass is 305 g/mol. The van der Waals surface area contributed by atoms with Crippen molar-refractivity contribution in [3.05, 3.63) is 58.6 Å². The van der Waals surface area contributed by atoms with Gasteiger partial charge in [-0.3, -0.25) is 0 Å². The first kappa shape index (κ1) is 14.9. The van der Waals surface area contributed by atoms with Crippen LogP contribution in [0, 0.1) is 11.3 Å². The largest absolute Gasteiger partial charge is 0.796 e. The van der Waals surface area contributed by atoms with Crippen LogP contribution in [0.5, 0.6) is 0 Å². The van der Waals surface area contributed by atoms with Crippen LogP contribution in [-0.2, 0) is 4.65 Å². The molecule has 0 aliphatic heterocycles. The third-order valence-corrected chi connectivity index (χ3v) is 2.66. The quantitative estimate of drug-likeness (QED) is 0.493. The molecule has 0 amide bonds. The van der Waals surface area contributed by atoms with Crippen molar-refractivity contribution < 1.29 is 13.3 Å². The number of rotatable bonds is 4. The van der Waals surface area contributed by atoms with Crippen LogP contribution in [0.4, 0.5) is 8.63 Å². The fourth-order valence-corrected chi connectivity index (χ4v) is 1.71. The zero-order chi connectivity index (χ0) is 15.2. The average molecular weight is 305 g/mol. The van der Waals surface area contributed by atoms with Gasteiger partial charge in [0, 0.05) is 17.7 Å². The van der Waals surface area contributed by atoms with Crippen LogP contribution in [0.2, 0.25) is 5.15 Å². The molecule has 0 saturated heterocycles. The highest BCUT2D eigenvalue weighted by molar-refractivity contribution is 6.36. The van der Waals surface area contributed by atoms with E-state index in [1.807, 2.05) is 6.07 Å². The fourth-order valence-electron chi connectivity index (χ4n) is 1.55. The molecular weight excluding hydrogens is 298 g/mol. The van der Waals surface area contributed by atoms with E-state index >= 15 is 0 Å². The third kappa shape index (κ3) is 4.26. The summed E-state index contributed by atoms with van der Waals surface area (Å²) in [5, 5.41) is 8.92. The zero-order valence-electron chi connectivity index (χ0n) is 10.5. The van der Waals surface area contributed by atoms with E-state index in [0.717, 1.165) is 0 Å². The fraction of sp³-hybridized carbons (Fsp3) is 0. The second kappa shape index (κ2) is 6.82. The maximum Gasteiger partial charge on any atom is 0.796 e. The number of halogens is 3. The van der Waals surface area contributed by atoms with Crippen LogP contribution in [0.1, 0.15) is 16.8 Å². The van der Waals surface area contributed by atoms with Crippen LogP contribution in [0.15, 0.2) is 36.7 Å². The molecule has 0 spiro atoms. The Labute approximate surface area is 124 Å². The molecule has 1 aromatic heterocycles. The van der Waals surface area contributed by atoms with Gasteiger partial charge in [0.05, 0.1) is 17.3 Å². The molecule has 2 rings (SSSR count). The lowest BCUT2D eigenvalue weighted by Gasteiger charge is -2.08. The minimum absolute atomic E-state index is 0.0794. The summed E-state index contributed by atoms with van der Waals surface area (Å²) in [5.41, 5.74) is 1.14. The average Bonchev–Trinajstić information content (AvgIpc) is 2.46. The molecule has 104 valence electrons. The molecule has 0 fully saturated rings. The molecule has 0 saturated carbocycles. The highest BCUT2D eigenvalue weighted by Gasteiger charge is 2.20. The molecule has 0 bridgehead atoms. The van der Waals surface area contributed by atoms with Crippen molar-refractivity contribution in [1.82, 2.24) is 9.97 Å². The lowest BCUT2D eigenvalue weighted by Crippen LogP contribution is -2.04. The Morgan fingerprint density at radius 3 is 2.57 bits per heavy atom. The van der Waals surface area contributed by atoms with Gasteiger partial charge >= 0.3 is 7.47 Å². The summed E-state index contributed by atoms with van der Waals surface area (Å²) in [4.78, 5) is 7.60. The van der Waals surface area contributed by atoms with Gasteiger partial charge in [0.25, 0.3) is 0 Å². The lowest BCUT2D eigenvalue weighted by atomic mass is 10.1. The summed E-state index contributed by atoms with van der Waals surface area (Å²) in [6.07, 6.45) is 2.54. The van der Waals surface area contributed by atoms with Crippen molar-refractivity contribution >= 4 is 30.9 Å². The molecule has 0 aliphatic rings. The van der Waals surface area contributed by atoms with Crippen LogP contribution in [0.3, 0.4) is 0 Å². The van der Waals surface area contributed by atoms with Crippen molar-refractivity contribution in [2.75, 3.05) is 0 Å².